The summed E-state index contributed by atoms with van der Waals surface area (Å²) in [5.74, 6) is 1.47. The van der Waals surface area contributed by atoms with Crippen LogP contribution in [0.25, 0.3) is 0 Å². The standard InChI is InChI=1S/C15H25BrN2O3/c1-4-21-14-8-12(7-13(16)15(14)20-3)10-18-6-5-17-9-11(2)19/h7-8,11,17-19H,4-6,9-10H2,1-3H3. The first-order valence-electron chi connectivity index (χ1n) is 7.17. The Morgan fingerprint density at radius 2 is 2.00 bits per heavy atom. The van der Waals surface area contributed by atoms with E-state index >= 15 is 0 Å². The Bertz CT molecular complexity index is 428. The minimum absolute atomic E-state index is 0.309. The fraction of sp³-hybridized carbons (Fsp3) is 0.600. The van der Waals surface area contributed by atoms with Crippen molar-refractivity contribution >= 4 is 15.9 Å². The summed E-state index contributed by atoms with van der Waals surface area (Å²) >= 11 is 3.51. The minimum atomic E-state index is -0.309. The fourth-order valence-corrected chi connectivity index (χ4v) is 2.56. The fourth-order valence-electron chi connectivity index (χ4n) is 1.90. The Morgan fingerprint density at radius 3 is 2.62 bits per heavy atom. The molecule has 0 fully saturated rings. The molecular weight excluding hydrogens is 336 g/mol. The zero-order valence-electron chi connectivity index (χ0n) is 12.9. The van der Waals surface area contributed by atoms with E-state index in [2.05, 4.69) is 26.6 Å². The van der Waals surface area contributed by atoms with Crippen LogP contribution in [-0.4, -0.2) is 44.6 Å². The number of benzene rings is 1. The molecule has 1 unspecified atom stereocenters. The summed E-state index contributed by atoms with van der Waals surface area (Å²) in [5, 5.41) is 15.6. The van der Waals surface area contributed by atoms with Crippen LogP contribution in [0.4, 0.5) is 0 Å². The van der Waals surface area contributed by atoms with Gasteiger partial charge in [-0.3, -0.25) is 0 Å². The van der Waals surface area contributed by atoms with Crippen LogP contribution >= 0.6 is 15.9 Å². The number of hydrogen-bond donors (Lipinski definition) is 3. The van der Waals surface area contributed by atoms with E-state index in [1.54, 1.807) is 14.0 Å². The van der Waals surface area contributed by atoms with Crippen molar-refractivity contribution in [3.05, 3.63) is 22.2 Å². The Labute approximate surface area is 135 Å². The van der Waals surface area contributed by atoms with Crippen LogP contribution in [-0.2, 0) is 6.54 Å². The van der Waals surface area contributed by atoms with Crippen molar-refractivity contribution in [1.82, 2.24) is 10.6 Å². The van der Waals surface area contributed by atoms with Gasteiger partial charge in [0.1, 0.15) is 0 Å². The first-order chi connectivity index (χ1) is 10.1. The summed E-state index contributed by atoms with van der Waals surface area (Å²) in [4.78, 5) is 0. The second kappa shape index (κ2) is 10.00. The Kier molecular flexibility index (Phi) is 8.68. The highest BCUT2D eigenvalue weighted by atomic mass is 79.9. The zero-order valence-corrected chi connectivity index (χ0v) is 14.5. The summed E-state index contributed by atoms with van der Waals surface area (Å²) in [5.41, 5.74) is 1.13. The minimum Gasteiger partial charge on any atom is -0.492 e. The summed E-state index contributed by atoms with van der Waals surface area (Å²) < 4.78 is 11.8. The smallest absolute Gasteiger partial charge is 0.174 e. The van der Waals surface area contributed by atoms with Gasteiger partial charge in [-0.05, 0) is 47.5 Å². The largest absolute Gasteiger partial charge is 0.492 e. The van der Waals surface area contributed by atoms with Crippen LogP contribution in [0.15, 0.2) is 16.6 Å². The maximum Gasteiger partial charge on any atom is 0.174 e. The SMILES string of the molecule is CCOc1cc(CNCCNCC(C)O)cc(Br)c1OC. The molecule has 0 aromatic heterocycles. The molecule has 0 saturated heterocycles. The molecular formula is C15H25BrN2O3. The number of nitrogens with one attached hydrogen (secondary N) is 2. The molecule has 1 rings (SSSR count). The van der Waals surface area contributed by atoms with Gasteiger partial charge in [0.15, 0.2) is 11.5 Å². The molecule has 0 aliphatic heterocycles. The highest BCUT2D eigenvalue weighted by Crippen LogP contribution is 2.36. The Balaban J connectivity index is 2.48. The molecule has 5 nitrogen and oxygen atoms in total. The summed E-state index contributed by atoms with van der Waals surface area (Å²) in [6.45, 7) is 7.34. The monoisotopic (exact) mass is 360 g/mol. The molecule has 0 aliphatic carbocycles. The summed E-state index contributed by atoms with van der Waals surface area (Å²) in [6.07, 6.45) is -0.309. The molecule has 6 heteroatoms. The van der Waals surface area contributed by atoms with E-state index in [1.807, 2.05) is 19.1 Å². The molecule has 1 atom stereocenters. The normalized spacial score (nSPS) is 12.2. The lowest BCUT2D eigenvalue weighted by molar-refractivity contribution is 0.191. The second-order valence-electron chi connectivity index (χ2n) is 4.77. The third-order valence-electron chi connectivity index (χ3n) is 2.82. The molecule has 1 aromatic rings. The molecule has 0 saturated carbocycles. The van der Waals surface area contributed by atoms with Crippen LogP contribution < -0.4 is 20.1 Å². The predicted molar refractivity (Wildman–Crippen MR) is 88.1 cm³/mol. The van der Waals surface area contributed by atoms with Crippen molar-refractivity contribution in [2.75, 3.05) is 33.4 Å². The van der Waals surface area contributed by atoms with Gasteiger partial charge in [-0.1, -0.05) is 0 Å². The first-order valence-corrected chi connectivity index (χ1v) is 7.96. The van der Waals surface area contributed by atoms with E-state index < -0.39 is 0 Å². The van der Waals surface area contributed by atoms with Crippen LogP contribution in [0.3, 0.4) is 0 Å². The highest BCUT2D eigenvalue weighted by Gasteiger charge is 2.10. The maximum absolute atomic E-state index is 9.13. The molecule has 120 valence electrons. The van der Waals surface area contributed by atoms with Gasteiger partial charge in [0.25, 0.3) is 0 Å². The van der Waals surface area contributed by atoms with Gasteiger partial charge in [-0.2, -0.15) is 0 Å². The van der Waals surface area contributed by atoms with Crippen molar-refractivity contribution in [2.24, 2.45) is 0 Å². The maximum atomic E-state index is 9.13. The number of halogens is 1. The summed E-state index contributed by atoms with van der Waals surface area (Å²) in [7, 11) is 1.63. The summed E-state index contributed by atoms with van der Waals surface area (Å²) in [6, 6.07) is 4.01. The molecule has 0 bridgehead atoms. The van der Waals surface area contributed by atoms with Crippen LogP contribution in [0.2, 0.25) is 0 Å². The van der Waals surface area contributed by atoms with E-state index in [0.717, 1.165) is 41.2 Å². The molecule has 0 spiro atoms. The van der Waals surface area contributed by atoms with Gasteiger partial charge < -0.3 is 25.2 Å². The molecule has 0 amide bonds. The van der Waals surface area contributed by atoms with Crippen molar-refractivity contribution in [3.8, 4) is 11.5 Å². The number of aliphatic hydroxyl groups is 1. The highest BCUT2D eigenvalue weighted by molar-refractivity contribution is 9.10. The van der Waals surface area contributed by atoms with Crippen molar-refractivity contribution < 1.29 is 14.6 Å². The first kappa shape index (κ1) is 18.2. The number of ether oxygens (including phenoxy) is 2. The molecule has 3 N–H and O–H groups in total. The average molecular weight is 361 g/mol. The van der Waals surface area contributed by atoms with E-state index in [0.29, 0.717) is 13.2 Å². The quantitative estimate of drug-likeness (QED) is 0.556. The van der Waals surface area contributed by atoms with E-state index in [1.165, 1.54) is 0 Å². The zero-order chi connectivity index (χ0) is 15.7. The second-order valence-corrected chi connectivity index (χ2v) is 5.63. The topological polar surface area (TPSA) is 62.8 Å². The average Bonchev–Trinajstić information content (AvgIpc) is 2.42. The molecule has 0 radical (unpaired) electrons. The van der Waals surface area contributed by atoms with Gasteiger partial charge in [-0.15, -0.1) is 0 Å². The number of hydrogen-bond acceptors (Lipinski definition) is 5. The van der Waals surface area contributed by atoms with E-state index in [-0.39, 0.29) is 6.10 Å². The molecule has 1 aromatic carbocycles. The molecule has 21 heavy (non-hydrogen) atoms. The number of aliphatic hydroxyl groups excluding tert-OH is 1. The lowest BCUT2D eigenvalue weighted by atomic mass is 10.2. The van der Waals surface area contributed by atoms with Gasteiger partial charge in [-0.25, -0.2) is 0 Å². The van der Waals surface area contributed by atoms with E-state index in [4.69, 9.17) is 14.6 Å². The lowest BCUT2D eigenvalue weighted by Gasteiger charge is -2.14. The lowest BCUT2D eigenvalue weighted by Crippen LogP contribution is -2.31. The van der Waals surface area contributed by atoms with Crippen LogP contribution in [0, 0.1) is 0 Å². The Morgan fingerprint density at radius 1 is 1.29 bits per heavy atom. The van der Waals surface area contributed by atoms with Crippen molar-refractivity contribution in [2.45, 2.75) is 26.5 Å². The number of rotatable bonds is 10. The van der Waals surface area contributed by atoms with Crippen molar-refractivity contribution in [3.63, 3.8) is 0 Å². The Hall–Kier alpha value is -0.820. The van der Waals surface area contributed by atoms with Crippen molar-refractivity contribution in [1.29, 1.82) is 0 Å². The third-order valence-corrected chi connectivity index (χ3v) is 3.41. The number of methoxy groups -OCH3 is 1. The van der Waals surface area contributed by atoms with Gasteiger partial charge in [0, 0.05) is 26.2 Å². The van der Waals surface area contributed by atoms with Crippen LogP contribution in [0.1, 0.15) is 19.4 Å². The van der Waals surface area contributed by atoms with Crippen LogP contribution in [0.5, 0.6) is 11.5 Å². The molecule has 0 heterocycles. The molecule has 0 aliphatic rings. The van der Waals surface area contributed by atoms with Gasteiger partial charge in [0.05, 0.1) is 24.3 Å². The third kappa shape index (κ3) is 6.65. The predicted octanol–water partition coefficient (Wildman–Crippen LogP) is 1.92. The van der Waals surface area contributed by atoms with Gasteiger partial charge >= 0.3 is 0 Å². The van der Waals surface area contributed by atoms with E-state index in [9.17, 15) is 0 Å². The van der Waals surface area contributed by atoms with Gasteiger partial charge in [0.2, 0.25) is 0 Å².